The summed E-state index contributed by atoms with van der Waals surface area (Å²) < 4.78 is 1.38. The molecular formula is C18H22N4OS. The molecule has 1 atom stereocenters. The Kier molecular flexibility index (Phi) is 4.94. The van der Waals surface area contributed by atoms with Crippen LogP contribution in [0.5, 0.6) is 0 Å². The Balaban J connectivity index is 1.94. The van der Waals surface area contributed by atoms with Gasteiger partial charge in [0, 0.05) is 11.8 Å². The lowest BCUT2D eigenvalue weighted by atomic mass is 9.96. The average Bonchev–Trinajstić information content (AvgIpc) is 2.97. The highest BCUT2D eigenvalue weighted by molar-refractivity contribution is 7.20. The van der Waals surface area contributed by atoms with Gasteiger partial charge in [0.25, 0.3) is 5.56 Å². The van der Waals surface area contributed by atoms with Crippen LogP contribution in [0.15, 0.2) is 41.2 Å². The summed E-state index contributed by atoms with van der Waals surface area (Å²) in [5.74, 6) is 0.389. The number of hydrogen-bond donors (Lipinski definition) is 1. The number of aromatic nitrogens is 3. The van der Waals surface area contributed by atoms with E-state index in [1.807, 2.05) is 18.2 Å². The van der Waals surface area contributed by atoms with Gasteiger partial charge in [0.05, 0.1) is 6.04 Å². The number of nitrogens with zero attached hydrogens (tertiary/aromatic N) is 3. The summed E-state index contributed by atoms with van der Waals surface area (Å²) in [7, 11) is 0. The molecule has 126 valence electrons. The van der Waals surface area contributed by atoms with Crippen molar-refractivity contribution in [1.82, 2.24) is 14.6 Å². The highest BCUT2D eigenvalue weighted by atomic mass is 32.1. The van der Waals surface area contributed by atoms with Crippen LogP contribution in [0.1, 0.15) is 44.5 Å². The van der Waals surface area contributed by atoms with Gasteiger partial charge in [0.2, 0.25) is 10.1 Å². The molecule has 0 fully saturated rings. The fraction of sp³-hybridized carbons (Fsp3) is 0.389. The zero-order valence-electron chi connectivity index (χ0n) is 14.2. The van der Waals surface area contributed by atoms with Gasteiger partial charge in [-0.1, -0.05) is 68.9 Å². The predicted octanol–water partition coefficient (Wildman–Crippen LogP) is 3.91. The lowest BCUT2D eigenvalue weighted by molar-refractivity contribution is 0.545. The third kappa shape index (κ3) is 3.48. The van der Waals surface area contributed by atoms with Crippen molar-refractivity contribution in [3.63, 3.8) is 0 Å². The Hall–Kier alpha value is -2.21. The van der Waals surface area contributed by atoms with Crippen molar-refractivity contribution in [3.8, 4) is 0 Å². The summed E-state index contributed by atoms with van der Waals surface area (Å²) in [5.41, 5.74) is 1.92. The highest BCUT2D eigenvalue weighted by Crippen LogP contribution is 2.28. The Morgan fingerprint density at radius 2 is 2.00 bits per heavy atom. The van der Waals surface area contributed by atoms with Crippen LogP contribution in [0.25, 0.3) is 4.96 Å². The maximum Gasteiger partial charge on any atom is 0.275 e. The quantitative estimate of drug-likeness (QED) is 0.738. The van der Waals surface area contributed by atoms with E-state index in [2.05, 4.69) is 48.3 Å². The first-order valence-electron chi connectivity index (χ1n) is 8.29. The summed E-state index contributed by atoms with van der Waals surface area (Å²) >= 11 is 1.42. The van der Waals surface area contributed by atoms with Crippen molar-refractivity contribution in [1.29, 1.82) is 0 Å². The molecule has 0 spiro atoms. The molecule has 3 aromatic rings. The van der Waals surface area contributed by atoms with Crippen LogP contribution in [0.4, 0.5) is 5.13 Å². The Bertz CT molecular complexity index is 870. The third-order valence-corrected chi connectivity index (χ3v) is 4.75. The van der Waals surface area contributed by atoms with E-state index in [0.717, 1.165) is 23.7 Å². The first-order chi connectivity index (χ1) is 11.6. The molecule has 0 radical (unpaired) electrons. The first-order valence-corrected chi connectivity index (χ1v) is 9.11. The van der Waals surface area contributed by atoms with E-state index < -0.39 is 0 Å². The molecule has 0 aliphatic heterocycles. The SMILES string of the molecule is CCCc1cc(=O)n2nc(NC(c3ccccc3)C(C)C)sc2n1. The third-order valence-electron chi connectivity index (χ3n) is 3.91. The predicted molar refractivity (Wildman–Crippen MR) is 98.8 cm³/mol. The minimum absolute atomic E-state index is 0.117. The number of fused-ring (bicyclic) bond motifs is 1. The normalized spacial score (nSPS) is 12.7. The smallest absolute Gasteiger partial charge is 0.275 e. The summed E-state index contributed by atoms with van der Waals surface area (Å²) in [4.78, 5) is 17.4. The van der Waals surface area contributed by atoms with Gasteiger partial charge < -0.3 is 5.32 Å². The molecule has 0 bridgehead atoms. The number of anilines is 1. The minimum Gasteiger partial charge on any atom is -0.353 e. The van der Waals surface area contributed by atoms with Crippen molar-refractivity contribution in [2.24, 2.45) is 5.92 Å². The molecule has 3 rings (SSSR count). The Morgan fingerprint density at radius 1 is 1.25 bits per heavy atom. The Labute approximate surface area is 145 Å². The first kappa shape index (κ1) is 16.6. The van der Waals surface area contributed by atoms with Crippen LogP contribution in [0.3, 0.4) is 0 Å². The topological polar surface area (TPSA) is 59.3 Å². The van der Waals surface area contributed by atoms with E-state index in [1.165, 1.54) is 21.4 Å². The van der Waals surface area contributed by atoms with Gasteiger partial charge >= 0.3 is 0 Å². The van der Waals surface area contributed by atoms with Crippen LogP contribution < -0.4 is 10.9 Å². The van der Waals surface area contributed by atoms with Crippen molar-refractivity contribution in [2.75, 3.05) is 5.32 Å². The van der Waals surface area contributed by atoms with E-state index >= 15 is 0 Å². The number of rotatable bonds is 6. The number of nitrogens with one attached hydrogen (secondary N) is 1. The van der Waals surface area contributed by atoms with Gasteiger partial charge in [-0.05, 0) is 17.9 Å². The van der Waals surface area contributed by atoms with Gasteiger partial charge in [-0.2, -0.15) is 4.52 Å². The Morgan fingerprint density at radius 3 is 2.67 bits per heavy atom. The second kappa shape index (κ2) is 7.13. The standard InChI is InChI=1S/C18H22N4OS/c1-4-8-14-11-15(23)22-18(19-14)24-17(21-22)20-16(12(2)3)13-9-6-5-7-10-13/h5-7,9-12,16H,4,8H2,1-3H3,(H,20,21). The molecule has 1 aromatic carbocycles. The largest absolute Gasteiger partial charge is 0.353 e. The molecule has 0 saturated carbocycles. The van der Waals surface area contributed by atoms with Gasteiger partial charge in [-0.25, -0.2) is 4.98 Å². The van der Waals surface area contributed by atoms with Gasteiger partial charge in [-0.3, -0.25) is 4.79 Å². The molecule has 2 aromatic heterocycles. The van der Waals surface area contributed by atoms with Gasteiger partial charge in [-0.15, -0.1) is 5.10 Å². The van der Waals surface area contributed by atoms with Crippen molar-refractivity contribution < 1.29 is 0 Å². The number of benzene rings is 1. The molecule has 1 N–H and O–H groups in total. The van der Waals surface area contributed by atoms with E-state index in [0.29, 0.717) is 10.9 Å². The summed E-state index contributed by atoms with van der Waals surface area (Å²) in [5, 5.41) is 8.60. The zero-order chi connectivity index (χ0) is 17.1. The van der Waals surface area contributed by atoms with Crippen LogP contribution in [0, 0.1) is 5.92 Å². The van der Waals surface area contributed by atoms with E-state index in [-0.39, 0.29) is 11.6 Å². The second-order valence-corrected chi connectivity index (χ2v) is 7.17. The van der Waals surface area contributed by atoms with E-state index in [1.54, 1.807) is 6.07 Å². The highest BCUT2D eigenvalue weighted by Gasteiger charge is 2.18. The molecule has 0 aliphatic rings. The zero-order valence-corrected chi connectivity index (χ0v) is 15.0. The van der Waals surface area contributed by atoms with Gasteiger partial charge in [0.1, 0.15) is 0 Å². The molecule has 2 heterocycles. The fourth-order valence-corrected chi connectivity index (χ4v) is 3.59. The molecule has 0 saturated heterocycles. The molecule has 6 heteroatoms. The molecule has 0 aliphatic carbocycles. The van der Waals surface area contributed by atoms with Crippen molar-refractivity contribution >= 4 is 21.4 Å². The van der Waals surface area contributed by atoms with Gasteiger partial charge in [0.15, 0.2) is 0 Å². The summed E-state index contributed by atoms with van der Waals surface area (Å²) in [6.45, 7) is 6.42. The molecule has 0 amide bonds. The lowest BCUT2D eigenvalue weighted by Crippen LogP contribution is -2.18. The summed E-state index contributed by atoms with van der Waals surface area (Å²) in [6, 6.07) is 12.0. The van der Waals surface area contributed by atoms with E-state index in [9.17, 15) is 4.79 Å². The maximum atomic E-state index is 12.2. The van der Waals surface area contributed by atoms with Crippen molar-refractivity contribution in [2.45, 2.75) is 39.7 Å². The molecule has 24 heavy (non-hydrogen) atoms. The van der Waals surface area contributed by atoms with Crippen LogP contribution in [-0.4, -0.2) is 14.6 Å². The monoisotopic (exact) mass is 342 g/mol. The van der Waals surface area contributed by atoms with Crippen LogP contribution in [0.2, 0.25) is 0 Å². The number of hydrogen-bond acceptors (Lipinski definition) is 5. The second-order valence-electron chi connectivity index (χ2n) is 6.21. The van der Waals surface area contributed by atoms with E-state index in [4.69, 9.17) is 0 Å². The molecule has 5 nitrogen and oxygen atoms in total. The van der Waals surface area contributed by atoms with Crippen LogP contribution >= 0.6 is 11.3 Å². The fourth-order valence-electron chi connectivity index (χ4n) is 2.73. The molecule has 1 unspecified atom stereocenters. The average molecular weight is 342 g/mol. The van der Waals surface area contributed by atoms with Crippen molar-refractivity contribution in [3.05, 3.63) is 58.0 Å². The summed E-state index contributed by atoms with van der Waals surface area (Å²) in [6.07, 6.45) is 1.78. The van der Waals surface area contributed by atoms with Crippen LogP contribution in [-0.2, 0) is 6.42 Å². The molecular weight excluding hydrogens is 320 g/mol. The number of aryl methyl sites for hydroxylation is 1. The lowest BCUT2D eigenvalue weighted by Gasteiger charge is -2.22. The minimum atomic E-state index is -0.117. The maximum absolute atomic E-state index is 12.2.